The molecule has 4 heteroatoms. The van der Waals surface area contributed by atoms with Gasteiger partial charge in [-0.2, -0.15) is 0 Å². The maximum Gasteiger partial charge on any atom is 0.334 e. The third-order valence-electron chi connectivity index (χ3n) is 4.64. The van der Waals surface area contributed by atoms with Crippen LogP contribution in [0.25, 0.3) is 5.57 Å². The van der Waals surface area contributed by atoms with Crippen LogP contribution in [0.2, 0.25) is 0 Å². The normalized spacial score (nSPS) is 13.9. The third-order valence-corrected chi connectivity index (χ3v) is 4.64. The Balaban J connectivity index is 0.00000261. The molecule has 0 N–H and O–H groups in total. The Bertz CT molecular complexity index is 743. The Morgan fingerprint density at radius 1 is 1.04 bits per heavy atom. The second-order valence-corrected chi connectivity index (χ2v) is 6.42. The fourth-order valence-corrected chi connectivity index (χ4v) is 3.30. The standard InChI is InChI=1S/C23H25NO2.ClH/c1-26-23(25)21-14-8-16-24(18-21)17-9-15-22(19-10-4-2-5-11-19)20-12-6-3-7-13-20;/h2-7,10-15H,8-9,16-18H2,1H3;1H. The van der Waals surface area contributed by atoms with Crippen molar-refractivity contribution in [1.82, 2.24) is 4.90 Å². The first-order chi connectivity index (χ1) is 12.8. The molecule has 0 saturated heterocycles. The van der Waals surface area contributed by atoms with E-state index in [-0.39, 0.29) is 18.4 Å². The highest BCUT2D eigenvalue weighted by Crippen LogP contribution is 2.24. The molecule has 3 nitrogen and oxygen atoms in total. The summed E-state index contributed by atoms with van der Waals surface area (Å²) >= 11 is 0. The van der Waals surface area contributed by atoms with Crippen LogP contribution in [0.15, 0.2) is 78.4 Å². The van der Waals surface area contributed by atoms with Crippen molar-refractivity contribution in [2.75, 3.05) is 26.7 Å². The zero-order valence-electron chi connectivity index (χ0n) is 15.6. The van der Waals surface area contributed by atoms with E-state index in [1.165, 1.54) is 23.8 Å². The summed E-state index contributed by atoms with van der Waals surface area (Å²) in [6.45, 7) is 2.59. The fraction of sp³-hybridized carbons (Fsp3) is 0.261. The van der Waals surface area contributed by atoms with Crippen LogP contribution in [0.1, 0.15) is 24.0 Å². The number of halogens is 1. The molecule has 1 heterocycles. The largest absolute Gasteiger partial charge is 0.466 e. The molecule has 0 atom stereocenters. The molecule has 0 fully saturated rings. The van der Waals surface area contributed by atoms with Gasteiger partial charge in [0, 0.05) is 25.2 Å². The zero-order chi connectivity index (χ0) is 18.2. The molecular weight excluding hydrogens is 358 g/mol. The molecule has 0 aliphatic carbocycles. The Kier molecular flexibility index (Phi) is 8.31. The van der Waals surface area contributed by atoms with Gasteiger partial charge in [0.25, 0.3) is 0 Å². The lowest BCUT2D eigenvalue weighted by Gasteiger charge is -2.25. The number of carbonyl (C=O) groups excluding carboxylic acids is 1. The van der Waals surface area contributed by atoms with Crippen molar-refractivity contribution >= 4 is 23.9 Å². The van der Waals surface area contributed by atoms with E-state index in [1.54, 1.807) is 0 Å². The molecule has 0 spiro atoms. The Morgan fingerprint density at radius 3 is 2.19 bits per heavy atom. The molecule has 2 aromatic rings. The van der Waals surface area contributed by atoms with Gasteiger partial charge in [-0.3, -0.25) is 4.90 Å². The summed E-state index contributed by atoms with van der Waals surface area (Å²) in [4.78, 5) is 14.1. The van der Waals surface area contributed by atoms with Crippen LogP contribution in [-0.2, 0) is 9.53 Å². The first-order valence-corrected chi connectivity index (χ1v) is 9.08. The van der Waals surface area contributed by atoms with Gasteiger partial charge >= 0.3 is 5.97 Å². The number of carbonyl (C=O) groups is 1. The topological polar surface area (TPSA) is 29.5 Å². The van der Waals surface area contributed by atoms with E-state index in [0.717, 1.165) is 31.5 Å². The van der Waals surface area contributed by atoms with Crippen molar-refractivity contribution in [3.8, 4) is 0 Å². The van der Waals surface area contributed by atoms with Gasteiger partial charge in [0.2, 0.25) is 0 Å². The van der Waals surface area contributed by atoms with Crippen LogP contribution in [0.5, 0.6) is 0 Å². The highest BCUT2D eigenvalue weighted by Gasteiger charge is 2.17. The molecule has 0 unspecified atom stereocenters. The molecular formula is C23H26ClNO2. The van der Waals surface area contributed by atoms with Crippen LogP contribution in [0.3, 0.4) is 0 Å². The van der Waals surface area contributed by atoms with Crippen molar-refractivity contribution in [2.45, 2.75) is 12.8 Å². The summed E-state index contributed by atoms with van der Waals surface area (Å²) < 4.78 is 4.85. The van der Waals surface area contributed by atoms with Gasteiger partial charge in [-0.1, -0.05) is 72.8 Å². The fourth-order valence-electron chi connectivity index (χ4n) is 3.30. The minimum Gasteiger partial charge on any atom is -0.466 e. The Hall–Kier alpha value is -2.36. The van der Waals surface area contributed by atoms with Crippen molar-refractivity contribution in [2.24, 2.45) is 0 Å². The van der Waals surface area contributed by atoms with Crippen LogP contribution < -0.4 is 0 Å². The van der Waals surface area contributed by atoms with E-state index in [2.05, 4.69) is 59.5 Å². The summed E-state index contributed by atoms with van der Waals surface area (Å²) in [5, 5.41) is 0. The first kappa shape index (κ1) is 20.9. The van der Waals surface area contributed by atoms with Crippen LogP contribution in [0.4, 0.5) is 0 Å². The van der Waals surface area contributed by atoms with Crippen molar-refractivity contribution in [1.29, 1.82) is 0 Å². The summed E-state index contributed by atoms with van der Waals surface area (Å²) in [6.07, 6.45) is 6.14. The highest BCUT2D eigenvalue weighted by molar-refractivity contribution is 5.89. The average molecular weight is 384 g/mol. The van der Waals surface area contributed by atoms with E-state index >= 15 is 0 Å². The summed E-state index contributed by atoms with van der Waals surface area (Å²) in [6, 6.07) is 21.0. The molecule has 3 rings (SSSR count). The number of esters is 1. The van der Waals surface area contributed by atoms with Crippen molar-refractivity contribution in [3.05, 3.63) is 89.5 Å². The quantitative estimate of drug-likeness (QED) is 0.675. The molecule has 0 aromatic heterocycles. The van der Waals surface area contributed by atoms with Crippen molar-refractivity contribution < 1.29 is 9.53 Å². The summed E-state index contributed by atoms with van der Waals surface area (Å²) in [5.41, 5.74) is 4.49. The molecule has 0 radical (unpaired) electrons. The summed E-state index contributed by atoms with van der Waals surface area (Å²) in [5.74, 6) is -0.209. The van der Waals surface area contributed by atoms with E-state index in [0.29, 0.717) is 6.54 Å². The van der Waals surface area contributed by atoms with Crippen LogP contribution in [0, 0.1) is 0 Å². The Morgan fingerprint density at radius 2 is 1.63 bits per heavy atom. The first-order valence-electron chi connectivity index (χ1n) is 9.08. The second-order valence-electron chi connectivity index (χ2n) is 6.42. The van der Waals surface area contributed by atoms with E-state index < -0.39 is 0 Å². The number of hydrogen-bond donors (Lipinski definition) is 0. The molecule has 1 aliphatic rings. The number of benzene rings is 2. The average Bonchev–Trinajstić information content (AvgIpc) is 2.72. The highest BCUT2D eigenvalue weighted by atomic mass is 35.5. The molecule has 0 bridgehead atoms. The van der Waals surface area contributed by atoms with Gasteiger partial charge in [-0.25, -0.2) is 4.79 Å². The molecule has 142 valence electrons. The zero-order valence-corrected chi connectivity index (χ0v) is 16.5. The third kappa shape index (κ3) is 5.81. The molecule has 27 heavy (non-hydrogen) atoms. The van der Waals surface area contributed by atoms with Gasteiger partial charge in [-0.15, -0.1) is 12.4 Å². The van der Waals surface area contributed by atoms with E-state index in [4.69, 9.17) is 4.74 Å². The van der Waals surface area contributed by atoms with Gasteiger partial charge in [0.1, 0.15) is 0 Å². The van der Waals surface area contributed by atoms with E-state index in [9.17, 15) is 4.79 Å². The molecule has 0 amide bonds. The van der Waals surface area contributed by atoms with Gasteiger partial charge in [-0.05, 0) is 29.5 Å². The van der Waals surface area contributed by atoms with Gasteiger partial charge in [0.05, 0.1) is 7.11 Å². The monoisotopic (exact) mass is 383 g/mol. The summed E-state index contributed by atoms with van der Waals surface area (Å²) in [7, 11) is 1.44. The van der Waals surface area contributed by atoms with Crippen LogP contribution >= 0.6 is 12.4 Å². The minimum absolute atomic E-state index is 0. The van der Waals surface area contributed by atoms with Crippen LogP contribution in [-0.4, -0.2) is 37.6 Å². The van der Waals surface area contributed by atoms with Crippen molar-refractivity contribution in [3.63, 3.8) is 0 Å². The molecule has 1 aliphatic heterocycles. The Labute approximate surface area is 167 Å². The van der Waals surface area contributed by atoms with Gasteiger partial charge < -0.3 is 4.74 Å². The minimum atomic E-state index is -0.209. The predicted molar refractivity (Wildman–Crippen MR) is 113 cm³/mol. The SMILES string of the molecule is COC(=O)C1=CCCN(CCC=C(c2ccccc2)c2ccccc2)C1.Cl. The number of methoxy groups -OCH3 is 1. The molecule has 2 aromatic carbocycles. The maximum absolute atomic E-state index is 11.7. The molecule has 0 saturated carbocycles. The lowest BCUT2D eigenvalue weighted by molar-refractivity contribution is -0.136. The number of rotatable bonds is 6. The number of hydrogen-bond acceptors (Lipinski definition) is 3. The maximum atomic E-state index is 11.7. The number of nitrogens with zero attached hydrogens (tertiary/aromatic N) is 1. The van der Waals surface area contributed by atoms with Gasteiger partial charge in [0.15, 0.2) is 0 Å². The van der Waals surface area contributed by atoms with E-state index in [1.807, 2.05) is 18.2 Å². The lowest BCUT2D eigenvalue weighted by atomic mass is 9.97. The lowest BCUT2D eigenvalue weighted by Crippen LogP contribution is -2.33. The predicted octanol–water partition coefficient (Wildman–Crippen LogP) is 4.74. The smallest absolute Gasteiger partial charge is 0.334 e. The number of ether oxygens (including phenoxy) is 1. The second kappa shape index (κ2) is 10.7.